The van der Waals surface area contributed by atoms with Crippen LogP contribution in [0.15, 0.2) is 60.2 Å². The maximum Gasteiger partial charge on any atom is 0.407 e. The van der Waals surface area contributed by atoms with Crippen molar-refractivity contribution in [3.8, 4) is 11.3 Å². The summed E-state index contributed by atoms with van der Waals surface area (Å²) < 4.78 is 4.76. The second-order valence-electron chi connectivity index (χ2n) is 14.5. The van der Waals surface area contributed by atoms with Crippen LogP contribution >= 0.6 is 0 Å². The number of alkyl carbamates (subject to hydrolysis) is 1. The van der Waals surface area contributed by atoms with Crippen LogP contribution in [-0.2, 0) is 24.1 Å². The number of amides is 3. The molecular formula is C40H50N8O6. The lowest BCUT2D eigenvalue weighted by atomic mass is 9.98. The van der Waals surface area contributed by atoms with Crippen LogP contribution in [0.5, 0.6) is 0 Å². The average molecular weight is 739 g/mol. The molecule has 4 heterocycles. The molecule has 2 aliphatic heterocycles. The molecule has 54 heavy (non-hydrogen) atoms. The van der Waals surface area contributed by atoms with Crippen LogP contribution in [0.1, 0.15) is 88.2 Å². The first-order chi connectivity index (χ1) is 26.0. The monoisotopic (exact) mass is 738 g/mol. The summed E-state index contributed by atoms with van der Waals surface area (Å²) in [6.07, 6.45) is 5.74. The number of benzene rings is 2. The third-order valence-corrected chi connectivity index (χ3v) is 10.3. The Kier molecular flexibility index (Phi) is 11.8. The topological polar surface area (TPSA) is 167 Å². The van der Waals surface area contributed by atoms with Gasteiger partial charge in [-0.05, 0) is 66.4 Å². The van der Waals surface area contributed by atoms with Gasteiger partial charge in [0.2, 0.25) is 18.2 Å². The van der Waals surface area contributed by atoms with E-state index < -0.39 is 18.2 Å². The van der Waals surface area contributed by atoms with Gasteiger partial charge in [0, 0.05) is 24.8 Å². The van der Waals surface area contributed by atoms with E-state index in [1.54, 1.807) is 0 Å². The third-order valence-electron chi connectivity index (χ3n) is 10.3. The highest BCUT2D eigenvalue weighted by Gasteiger charge is 2.38. The van der Waals surface area contributed by atoms with E-state index in [1.165, 1.54) is 20.6 Å². The Morgan fingerprint density at radius 1 is 0.907 bits per heavy atom. The Morgan fingerprint density at radius 3 is 2.22 bits per heavy atom. The fourth-order valence-corrected chi connectivity index (χ4v) is 7.37. The summed E-state index contributed by atoms with van der Waals surface area (Å²) in [4.78, 5) is 73.1. The largest absolute Gasteiger partial charge is 0.453 e. The number of ether oxygens (including phenoxy) is 1. The second-order valence-corrected chi connectivity index (χ2v) is 14.5. The number of carbonyl (C=O) groups is 3. The third kappa shape index (κ3) is 8.03. The molecule has 2 aliphatic rings. The summed E-state index contributed by atoms with van der Waals surface area (Å²) in [5.74, 6) is 1.13. The van der Waals surface area contributed by atoms with E-state index in [-0.39, 0.29) is 35.7 Å². The number of likely N-dealkylation sites (tertiary alicyclic amines) is 2. The minimum atomic E-state index is -0.696. The van der Waals surface area contributed by atoms with E-state index in [2.05, 4.69) is 31.7 Å². The summed E-state index contributed by atoms with van der Waals surface area (Å²) >= 11 is 0. The number of rotatable bonds is 13. The number of H-pyrrole nitrogens is 2. The zero-order valence-corrected chi connectivity index (χ0v) is 31.8. The van der Waals surface area contributed by atoms with Crippen LogP contribution in [0.2, 0.25) is 0 Å². The van der Waals surface area contributed by atoms with Crippen molar-refractivity contribution in [3.05, 3.63) is 78.0 Å². The Morgan fingerprint density at radius 2 is 1.57 bits per heavy atom. The number of nitrogens with zero attached hydrogens (tertiary/aromatic N) is 5. The first-order valence-electron chi connectivity index (χ1n) is 18.5. The van der Waals surface area contributed by atoms with Crippen molar-refractivity contribution >= 4 is 40.9 Å². The molecule has 2 saturated heterocycles. The molecule has 14 heteroatoms. The van der Waals surface area contributed by atoms with Crippen LogP contribution < -0.4 is 5.32 Å². The average Bonchev–Trinajstić information content (AvgIpc) is 4.00. The maximum absolute atomic E-state index is 13.6. The van der Waals surface area contributed by atoms with Crippen molar-refractivity contribution in [1.29, 1.82) is 0 Å². The molecule has 0 aliphatic carbocycles. The first kappa shape index (κ1) is 38.2. The van der Waals surface area contributed by atoms with Crippen molar-refractivity contribution in [2.75, 3.05) is 27.3 Å². The molecule has 2 aromatic heterocycles. The lowest BCUT2D eigenvalue weighted by Gasteiger charge is -2.29. The standard InChI is InChI=1S/C40H50N8O6/c1-23(2)34(42-22-54-53-7)38(49)47-18-8-10-32(47)36-41-21-31(45-36)27-14-12-26(13-15-27)25(5)28-16-17-29-30(20-28)44-37(43-29)33-11-9-19-48(33)39(50)35(24(3)4)46-40(51)52-6/h12-17,20-24,32-35H,5,8-11,18-19H2,1-4,6-7H3,(H,41,45)(H,43,44)(H,46,51)/b42-22-/t32-,33-,34-,35-/m0/s1. The highest BCUT2D eigenvalue weighted by Crippen LogP contribution is 2.35. The highest BCUT2D eigenvalue weighted by atomic mass is 17.2. The van der Waals surface area contributed by atoms with Crippen LogP contribution in [0.3, 0.4) is 0 Å². The summed E-state index contributed by atoms with van der Waals surface area (Å²) in [7, 11) is 2.68. The molecular weight excluding hydrogens is 688 g/mol. The molecule has 2 aromatic carbocycles. The number of carbonyl (C=O) groups excluding carboxylic acids is 3. The number of hydrogen-bond donors (Lipinski definition) is 3. The van der Waals surface area contributed by atoms with E-state index in [4.69, 9.17) is 19.6 Å². The number of fused-ring (bicyclic) bond motifs is 1. The van der Waals surface area contributed by atoms with Gasteiger partial charge in [0.05, 0.1) is 43.0 Å². The Labute approximate surface area is 315 Å². The van der Waals surface area contributed by atoms with Gasteiger partial charge in [0.15, 0.2) is 0 Å². The van der Waals surface area contributed by atoms with Gasteiger partial charge in [-0.25, -0.2) is 19.8 Å². The highest BCUT2D eigenvalue weighted by molar-refractivity contribution is 5.88. The zero-order valence-electron chi connectivity index (χ0n) is 31.8. The number of hydrogen-bond acceptors (Lipinski definition) is 9. The predicted molar refractivity (Wildman–Crippen MR) is 205 cm³/mol. The fraction of sp³-hybridized carbons (Fsp3) is 0.450. The van der Waals surface area contributed by atoms with Crippen LogP contribution in [-0.4, -0.2) is 93.4 Å². The number of imidazole rings is 2. The van der Waals surface area contributed by atoms with Gasteiger partial charge < -0.3 is 34.7 Å². The molecule has 286 valence electrons. The van der Waals surface area contributed by atoms with Crippen molar-refractivity contribution in [2.45, 2.75) is 77.5 Å². The minimum Gasteiger partial charge on any atom is -0.453 e. The van der Waals surface area contributed by atoms with E-state index in [0.29, 0.717) is 13.1 Å². The Balaban J connectivity index is 1.14. The van der Waals surface area contributed by atoms with Gasteiger partial charge in [0.1, 0.15) is 23.7 Å². The molecule has 0 radical (unpaired) electrons. The molecule has 4 atom stereocenters. The number of methoxy groups -OCH3 is 1. The smallest absolute Gasteiger partial charge is 0.407 e. The number of aromatic amines is 2. The zero-order chi connectivity index (χ0) is 38.5. The Hall–Kier alpha value is -5.50. The molecule has 6 rings (SSSR count). The second kappa shape index (κ2) is 16.7. The fourth-order valence-electron chi connectivity index (χ4n) is 7.37. The first-order valence-corrected chi connectivity index (χ1v) is 18.5. The molecule has 14 nitrogen and oxygen atoms in total. The van der Waals surface area contributed by atoms with Crippen LogP contribution in [0.4, 0.5) is 4.79 Å². The molecule has 3 amide bonds. The Bertz CT molecular complexity index is 2000. The summed E-state index contributed by atoms with van der Waals surface area (Å²) in [5, 5.41) is 2.70. The van der Waals surface area contributed by atoms with Crippen molar-refractivity contribution in [3.63, 3.8) is 0 Å². The molecule has 3 N–H and O–H groups in total. The quantitative estimate of drug-likeness (QED) is 0.0617. The van der Waals surface area contributed by atoms with Gasteiger partial charge in [-0.1, -0.05) is 64.6 Å². The lowest BCUT2D eigenvalue weighted by Crippen LogP contribution is -2.51. The molecule has 0 bridgehead atoms. The lowest BCUT2D eigenvalue weighted by molar-refractivity contribution is -0.188. The van der Waals surface area contributed by atoms with Gasteiger partial charge in [-0.15, -0.1) is 0 Å². The van der Waals surface area contributed by atoms with E-state index in [9.17, 15) is 14.4 Å². The molecule has 4 aromatic rings. The summed E-state index contributed by atoms with van der Waals surface area (Å²) in [6, 6.07) is 12.4. The molecule has 2 fully saturated rings. The van der Waals surface area contributed by atoms with Gasteiger partial charge in [-0.3, -0.25) is 9.59 Å². The van der Waals surface area contributed by atoms with Gasteiger partial charge in [0.25, 0.3) is 0 Å². The SMILES string of the molecule is C=C(c1ccc(-c2c[nH]c([C@@H]3CCCN3C(=O)[C@@H](/N=C\OOC)C(C)C)n2)cc1)c1ccc2nc([C@@H]3CCCN3C(=O)[C@@H](NC(=O)OC)C(C)C)[nH]c2c1. The minimum absolute atomic E-state index is 0.0169. The van der Waals surface area contributed by atoms with E-state index in [1.807, 2.05) is 86.2 Å². The predicted octanol–water partition coefficient (Wildman–Crippen LogP) is 6.35. The number of aromatic nitrogens is 4. The number of nitrogens with one attached hydrogen (secondary N) is 3. The molecule has 0 saturated carbocycles. The normalized spacial score (nSPS) is 18.5. The van der Waals surface area contributed by atoms with Gasteiger partial charge in [-0.2, -0.15) is 4.89 Å². The number of aliphatic imine (C=N–C) groups is 1. The molecule has 0 spiro atoms. The van der Waals surface area contributed by atoms with Crippen LogP contribution in [0, 0.1) is 11.8 Å². The summed E-state index contributed by atoms with van der Waals surface area (Å²) in [6.45, 7) is 13.3. The molecule has 0 unspecified atom stereocenters. The van der Waals surface area contributed by atoms with Crippen molar-refractivity contribution in [1.82, 2.24) is 35.1 Å². The van der Waals surface area contributed by atoms with Gasteiger partial charge >= 0.3 is 6.09 Å². The summed E-state index contributed by atoms with van der Waals surface area (Å²) in [5.41, 5.74) is 6.14. The van der Waals surface area contributed by atoms with E-state index >= 15 is 0 Å². The van der Waals surface area contributed by atoms with Crippen molar-refractivity contribution < 1.29 is 28.9 Å². The van der Waals surface area contributed by atoms with E-state index in [0.717, 1.165) is 76.3 Å². The van der Waals surface area contributed by atoms with Crippen LogP contribution in [0.25, 0.3) is 27.9 Å². The van der Waals surface area contributed by atoms with Crippen molar-refractivity contribution in [2.24, 2.45) is 16.8 Å². The maximum atomic E-state index is 13.6.